The highest BCUT2D eigenvalue weighted by atomic mass is 16.5. The molecule has 18 heavy (non-hydrogen) atoms. The minimum Gasteiger partial charge on any atom is -0.377 e. The van der Waals surface area contributed by atoms with Crippen molar-refractivity contribution in [2.75, 3.05) is 13.7 Å². The van der Waals surface area contributed by atoms with Crippen molar-refractivity contribution in [1.29, 1.82) is 0 Å². The number of H-pyrrole nitrogens is 1. The molecule has 2 aromatic rings. The number of amides is 1. The second kappa shape index (κ2) is 4.82. The Bertz CT molecular complexity index is 558. The molecule has 96 valence electrons. The third kappa shape index (κ3) is 2.54. The molecule has 0 aliphatic heterocycles. The third-order valence-electron chi connectivity index (χ3n) is 3.06. The van der Waals surface area contributed by atoms with E-state index in [1.807, 2.05) is 44.3 Å². The van der Waals surface area contributed by atoms with Gasteiger partial charge in [0.1, 0.15) is 0 Å². The number of carbonyl (C=O) groups excluding carboxylic acids is 1. The molecule has 2 rings (SSSR count). The Hall–Kier alpha value is -1.81. The molecule has 0 spiro atoms. The average Bonchev–Trinajstić information content (AvgIpc) is 2.84. The minimum absolute atomic E-state index is 0.0897. The van der Waals surface area contributed by atoms with E-state index in [9.17, 15) is 4.79 Å². The van der Waals surface area contributed by atoms with Gasteiger partial charge < -0.3 is 15.0 Å². The number of methoxy groups -OCH3 is 1. The van der Waals surface area contributed by atoms with E-state index in [1.165, 1.54) is 0 Å². The molecule has 1 heterocycles. The maximum atomic E-state index is 12.1. The molecule has 0 saturated heterocycles. The lowest BCUT2D eigenvalue weighted by Crippen LogP contribution is -2.39. The number of aromatic nitrogens is 1. The van der Waals surface area contributed by atoms with E-state index in [-0.39, 0.29) is 11.5 Å². The van der Waals surface area contributed by atoms with Crippen molar-refractivity contribution in [1.82, 2.24) is 10.3 Å². The molecule has 0 fully saturated rings. The predicted octanol–water partition coefficient (Wildman–Crippen LogP) is 2.32. The molecule has 0 bridgehead atoms. The number of benzene rings is 1. The Kier molecular flexibility index (Phi) is 3.39. The van der Waals surface area contributed by atoms with Gasteiger partial charge in [-0.2, -0.15) is 0 Å². The lowest BCUT2D eigenvalue weighted by molar-refractivity contribution is 0.0229. The van der Waals surface area contributed by atoms with Crippen molar-refractivity contribution in [2.24, 2.45) is 0 Å². The van der Waals surface area contributed by atoms with Crippen LogP contribution in [0.4, 0.5) is 0 Å². The molecular formula is C14H18N2O2. The lowest BCUT2D eigenvalue weighted by atomic mass is 10.1. The Morgan fingerprint density at radius 1 is 1.39 bits per heavy atom. The zero-order chi connectivity index (χ0) is 13.2. The summed E-state index contributed by atoms with van der Waals surface area (Å²) in [6.45, 7) is 4.34. The molecule has 0 aliphatic carbocycles. The van der Waals surface area contributed by atoms with Gasteiger partial charge in [-0.3, -0.25) is 4.79 Å². The Labute approximate surface area is 106 Å². The zero-order valence-electron chi connectivity index (χ0n) is 10.9. The molecule has 4 nitrogen and oxygen atoms in total. The summed E-state index contributed by atoms with van der Waals surface area (Å²) in [6.07, 6.45) is 1.83. The summed E-state index contributed by atoms with van der Waals surface area (Å²) >= 11 is 0. The van der Waals surface area contributed by atoms with Crippen LogP contribution in [0.2, 0.25) is 0 Å². The third-order valence-corrected chi connectivity index (χ3v) is 3.06. The van der Waals surface area contributed by atoms with E-state index in [0.717, 1.165) is 10.9 Å². The molecule has 0 atom stereocenters. The molecule has 0 saturated carbocycles. The van der Waals surface area contributed by atoms with Crippen LogP contribution in [0.5, 0.6) is 0 Å². The Morgan fingerprint density at radius 2 is 2.17 bits per heavy atom. The highest BCUT2D eigenvalue weighted by Crippen LogP contribution is 2.17. The van der Waals surface area contributed by atoms with Gasteiger partial charge in [-0.05, 0) is 26.0 Å². The number of aromatic amines is 1. The van der Waals surface area contributed by atoms with Crippen LogP contribution in [0.25, 0.3) is 10.9 Å². The summed E-state index contributed by atoms with van der Waals surface area (Å²) in [6, 6.07) is 7.62. The summed E-state index contributed by atoms with van der Waals surface area (Å²) < 4.78 is 5.27. The van der Waals surface area contributed by atoms with Crippen LogP contribution < -0.4 is 5.32 Å². The highest BCUT2D eigenvalue weighted by Gasteiger charge is 2.18. The summed E-state index contributed by atoms with van der Waals surface area (Å²) in [5.41, 5.74) is 1.16. The van der Waals surface area contributed by atoms with Crippen molar-refractivity contribution in [2.45, 2.75) is 19.4 Å². The molecule has 1 aromatic carbocycles. The smallest absolute Gasteiger partial charge is 0.253 e. The summed E-state index contributed by atoms with van der Waals surface area (Å²) in [7, 11) is 1.64. The monoisotopic (exact) mass is 246 g/mol. The van der Waals surface area contributed by atoms with Crippen LogP contribution in [-0.2, 0) is 4.74 Å². The van der Waals surface area contributed by atoms with Crippen molar-refractivity contribution < 1.29 is 9.53 Å². The van der Waals surface area contributed by atoms with E-state index >= 15 is 0 Å². The SMILES string of the molecule is COC(C)(C)CNC(=O)c1cccc2cc[nH]c12. The average molecular weight is 246 g/mol. The zero-order valence-corrected chi connectivity index (χ0v) is 10.9. The molecular weight excluding hydrogens is 228 g/mol. The fraction of sp³-hybridized carbons (Fsp3) is 0.357. The van der Waals surface area contributed by atoms with Crippen LogP contribution in [0.1, 0.15) is 24.2 Å². The van der Waals surface area contributed by atoms with Crippen molar-refractivity contribution in [3.05, 3.63) is 36.0 Å². The van der Waals surface area contributed by atoms with E-state index in [0.29, 0.717) is 12.1 Å². The van der Waals surface area contributed by atoms with Crippen molar-refractivity contribution in [3.8, 4) is 0 Å². The van der Waals surface area contributed by atoms with Gasteiger partial charge in [0.15, 0.2) is 0 Å². The first-order valence-electron chi connectivity index (χ1n) is 5.93. The van der Waals surface area contributed by atoms with E-state index in [1.54, 1.807) is 7.11 Å². The standard InChI is InChI=1S/C14H18N2O2/c1-14(2,18-3)9-16-13(17)11-6-4-5-10-7-8-15-12(10)11/h4-8,15H,9H2,1-3H3,(H,16,17). The molecule has 1 aromatic heterocycles. The first-order chi connectivity index (χ1) is 8.53. The number of carbonyl (C=O) groups is 1. The summed E-state index contributed by atoms with van der Waals surface area (Å²) in [5.74, 6) is -0.0897. The van der Waals surface area contributed by atoms with Gasteiger partial charge in [0.2, 0.25) is 0 Å². The fourth-order valence-electron chi connectivity index (χ4n) is 1.73. The van der Waals surface area contributed by atoms with E-state index in [2.05, 4.69) is 10.3 Å². The minimum atomic E-state index is -0.362. The maximum absolute atomic E-state index is 12.1. The normalized spacial score (nSPS) is 11.7. The van der Waals surface area contributed by atoms with E-state index in [4.69, 9.17) is 4.74 Å². The first kappa shape index (κ1) is 12.6. The quantitative estimate of drug-likeness (QED) is 0.870. The molecule has 0 radical (unpaired) electrons. The second-order valence-corrected chi connectivity index (χ2v) is 4.89. The number of fused-ring (bicyclic) bond motifs is 1. The number of nitrogens with one attached hydrogen (secondary N) is 2. The van der Waals surface area contributed by atoms with Gasteiger partial charge in [0, 0.05) is 25.2 Å². The van der Waals surface area contributed by atoms with Crippen LogP contribution in [0, 0.1) is 0 Å². The number of para-hydroxylation sites is 1. The lowest BCUT2D eigenvalue weighted by Gasteiger charge is -2.23. The van der Waals surface area contributed by atoms with Gasteiger partial charge in [-0.15, -0.1) is 0 Å². The number of hydrogen-bond acceptors (Lipinski definition) is 2. The summed E-state index contributed by atoms with van der Waals surface area (Å²) in [4.78, 5) is 15.2. The molecule has 4 heteroatoms. The summed E-state index contributed by atoms with van der Waals surface area (Å²) in [5, 5.41) is 3.92. The van der Waals surface area contributed by atoms with Crippen LogP contribution in [-0.4, -0.2) is 30.1 Å². The van der Waals surface area contributed by atoms with Gasteiger partial charge in [0.25, 0.3) is 5.91 Å². The first-order valence-corrected chi connectivity index (χ1v) is 5.93. The van der Waals surface area contributed by atoms with Gasteiger partial charge in [0.05, 0.1) is 16.7 Å². The largest absolute Gasteiger partial charge is 0.377 e. The number of hydrogen-bond donors (Lipinski definition) is 2. The number of rotatable bonds is 4. The molecule has 2 N–H and O–H groups in total. The number of ether oxygens (including phenoxy) is 1. The fourth-order valence-corrected chi connectivity index (χ4v) is 1.73. The van der Waals surface area contributed by atoms with Gasteiger partial charge in [-0.25, -0.2) is 0 Å². The van der Waals surface area contributed by atoms with Crippen LogP contribution in [0.3, 0.4) is 0 Å². The Morgan fingerprint density at radius 3 is 2.89 bits per heavy atom. The highest BCUT2D eigenvalue weighted by molar-refractivity contribution is 6.05. The molecule has 1 amide bonds. The van der Waals surface area contributed by atoms with Crippen molar-refractivity contribution in [3.63, 3.8) is 0 Å². The van der Waals surface area contributed by atoms with Gasteiger partial charge >= 0.3 is 0 Å². The topological polar surface area (TPSA) is 54.1 Å². The maximum Gasteiger partial charge on any atom is 0.253 e. The van der Waals surface area contributed by atoms with Crippen LogP contribution >= 0.6 is 0 Å². The molecule has 0 unspecified atom stereocenters. The predicted molar refractivity (Wildman–Crippen MR) is 71.7 cm³/mol. The van der Waals surface area contributed by atoms with Crippen LogP contribution in [0.15, 0.2) is 30.5 Å². The molecule has 0 aliphatic rings. The van der Waals surface area contributed by atoms with Gasteiger partial charge in [-0.1, -0.05) is 12.1 Å². The second-order valence-electron chi connectivity index (χ2n) is 4.89. The van der Waals surface area contributed by atoms with Crippen molar-refractivity contribution >= 4 is 16.8 Å². The van der Waals surface area contributed by atoms with E-state index < -0.39 is 0 Å². The Balaban J connectivity index is 2.17.